The van der Waals surface area contributed by atoms with Crippen molar-refractivity contribution in [3.8, 4) is 5.75 Å². The second kappa shape index (κ2) is 7.51. The maximum Gasteiger partial charge on any atom is 0.171 e. The molecule has 1 aliphatic heterocycles. The number of pyridine rings is 1. The summed E-state index contributed by atoms with van der Waals surface area (Å²) in [6, 6.07) is 11.2. The quantitative estimate of drug-likeness (QED) is 0.856. The molecule has 3 rings (SSSR count). The molecule has 0 aliphatic carbocycles. The van der Waals surface area contributed by atoms with Gasteiger partial charge in [0.2, 0.25) is 0 Å². The summed E-state index contributed by atoms with van der Waals surface area (Å²) in [7, 11) is 1.62. The van der Waals surface area contributed by atoms with Crippen LogP contribution in [0.5, 0.6) is 5.75 Å². The van der Waals surface area contributed by atoms with Gasteiger partial charge >= 0.3 is 0 Å². The van der Waals surface area contributed by atoms with E-state index in [0.29, 0.717) is 16.9 Å². The molecule has 1 aromatic carbocycles. The smallest absolute Gasteiger partial charge is 0.171 e. The van der Waals surface area contributed by atoms with Gasteiger partial charge in [-0.2, -0.15) is 0 Å². The first-order valence-corrected chi connectivity index (χ1v) is 8.70. The number of ether oxygens (including phenoxy) is 1. The first-order valence-electron chi connectivity index (χ1n) is 8.32. The number of aromatic nitrogens is 1. The summed E-state index contributed by atoms with van der Waals surface area (Å²) in [5.41, 5.74) is 3.84. The summed E-state index contributed by atoms with van der Waals surface area (Å²) in [4.78, 5) is 6.74. The SMILES string of the molecule is COc1cc([C@H](C)N2CCN[C@H](c3ccccc3C)C2)cnc1Cl. The Morgan fingerprint density at radius 3 is 2.92 bits per heavy atom. The van der Waals surface area contributed by atoms with E-state index in [4.69, 9.17) is 16.3 Å². The zero-order chi connectivity index (χ0) is 17.1. The van der Waals surface area contributed by atoms with E-state index >= 15 is 0 Å². The number of halogens is 1. The average molecular weight is 346 g/mol. The number of rotatable bonds is 4. The van der Waals surface area contributed by atoms with Crippen molar-refractivity contribution in [3.05, 3.63) is 58.4 Å². The largest absolute Gasteiger partial charge is 0.494 e. The van der Waals surface area contributed by atoms with E-state index < -0.39 is 0 Å². The molecule has 24 heavy (non-hydrogen) atoms. The topological polar surface area (TPSA) is 37.4 Å². The Hall–Kier alpha value is -1.62. The lowest BCUT2D eigenvalue weighted by Gasteiger charge is -2.38. The fourth-order valence-corrected chi connectivity index (χ4v) is 3.52. The first-order chi connectivity index (χ1) is 11.6. The number of benzene rings is 1. The molecule has 0 spiro atoms. The minimum Gasteiger partial charge on any atom is -0.494 e. The predicted molar refractivity (Wildman–Crippen MR) is 97.7 cm³/mol. The van der Waals surface area contributed by atoms with Crippen LogP contribution >= 0.6 is 11.6 Å². The van der Waals surface area contributed by atoms with Gasteiger partial charge in [-0.3, -0.25) is 4.90 Å². The Labute approximate surface area is 148 Å². The van der Waals surface area contributed by atoms with Gasteiger partial charge in [-0.15, -0.1) is 0 Å². The third-order valence-electron chi connectivity index (χ3n) is 4.85. The minimum absolute atomic E-state index is 0.261. The summed E-state index contributed by atoms with van der Waals surface area (Å²) in [5.74, 6) is 0.631. The van der Waals surface area contributed by atoms with Gasteiger partial charge in [0, 0.05) is 37.9 Å². The van der Waals surface area contributed by atoms with Crippen LogP contribution in [-0.4, -0.2) is 36.6 Å². The van der Waals surface area contributed by atoms with Crippen molar-refractivity contribution in [1.82, 2.24) is 15.2 Å². The lowest BCUT2D eigenvalue weighted by Crippen LogP contribution is -2.46. The van der Waals surface area contributed by atoms with E-state index in [1.54, 1.807) is 7.11 Å². The molecule has 128 valence electrons. The molecule has 1 fully saturated rings. The molecule has 0 bridgehead atoms. The van der Waals surface area contributed by atoms with Crippen molar-refractivity contribution in [1.29, 1.82) is 0 Å². The van der Waals surface area contributed by atoms with Crippen LogP contribution in [0.2, 0.25) is 5.15 Å². The molecule has 0 unspecified atom stereocenters. The second-order valence-corrected chi connectivity index (χ2v) is 6.65. The number of piperazine rings is 1. The van der Waals surface area contributed by atoms with Crippen LogP contribution in [0.1, 0.15) is 35.7 Å². The van der Waals surface area contributed by atoms with Crippen molar-refractivity contribution < 1.29 is 4.74 Å². The highest BCUT2D eigenvalue weighted by molar-refractivity contribution is 6.30. The van der Waals surface area contributed by atoms with Gasteiger partial charge < -0.3 is 10.1 Å². The molecular weight excluding hydrogens is 322 g/mol. The fourth-order valence-electron chi connectivity index (χ4n) is 3.34. The van der Waals surface area contributed by atoms with Crippen molar-refractivity contribution in [2.24, 2.45) is 0 Å². The van der Waals surface area contributed by atoms with E-state index in [-0.39, 0.29) is 6.04 Å². The minimum atomic E-state index is 0.261. The number of hydrogen-bond acceptors (Lipinski definition) is 4. The van der Waals surface area contributed by atoms with Gasteiger partial charge in [-0.05, 0) is 36.6 Å². The Morgan fingerprint density at radius 1 is 1.38 bits per heavy atom. The summed E-state index contributed by atoms with van der Waals surface area (Å²) in [5, 5.41) is 4.05. The van der Waals surface area contributed by atoms with Crippen LogP contribution in [0, 0.1) is 6.92 Å². The van der Waals surface area contributed by atoms with E-state index in [9.17, 15) is 0 Å². The molecule has 0 saturated carbocycles. The predicted octanol–water partition coefficient (Wildman–Crippen LogP) is 3.76. The van der Waals surface area contributed by atoms with Crippen molar-refractivity contribution in [2.45, 2.75) is 25.9 Å². The van der Waals surface area contributed by atoms with Crippen LogP contribution < -0.4 is 10.1 Å². The van der Waals surface area contributed by atoms with Gasteiger partial charge in [-0.25, -0.2) is 4.98 Å². The zero-order valence-corrected chi connectivity index (χ0v) is 15.2. The maximum absolute atomic E-state index is 6.05. The van der Waals surface area contributed by atoms with Gasteiger partial charge in [0.05, 0.1) is 7.11 Å². The molecule has 1 N–H and O–H groups in total. The Balaban J connectivity index is 1.78. The van der Waals surface area contributed by atoms with Crippen LogP contribution in [0.15, 0.2) is 36.5 Å². The molecule has 0 amide bonds. The highest BCUT2D eigenvalue weighted by Gasteiger charge is 2.26. The van der Waals surface area contributed by atoms with Gasteiger partial charge in [0.25, 0.3) is 0 Å². The standard InChI is InChI=1S/C19H24ClN3O/c1-13-6-4-5-7-16(13)17-12-23(9-8-21-17)14(2)15-10-18(24-3)19(20)22-11-15/h4-7,10-11,14,17,21H,8-9,12H2,1-3H3/t14-,17-/m0/s1. The molecule has 0 radical (unpaired) electrons. The number of aryl methyl sites for hydroxylation is 1. The maximum atomic E-state index is 6.05. The number of nitrogens with one attached hydrogen (secondary N) is 1. The molecule has 5 heteroatoms. The molecule has 2 aromatic rings. The van der Waals surface area contributed by atoms with Crippen LogP contribution in [-0.2, 0) is 0 Å². The molecular formula is C19H24ClN3O. The van der Waals surface area contributed by atoms with Crippen LogP contribution in [0.25, 0.3) is 0 Å². The Bertz CT molecular complexity index is 707. The molecule has 1 aromatic heterocycles. The number of nitrogens with zero attached hydrogens (tertiary/aromatic N) is 2. The monoisotopic (exact) mass is 345 g/mol. The third-order valence-corrected chi connectivity index (χ3v) is 5.13. The zero-order valence-electron chi connectivity index (χ0n) is 14.4. The van der Waals surface area contributed by atoms with Crippen molar-refractivity contribution in [2.75, 3.05) is 26.7 Å². The van der Waals surface area contributed by atoms with E-state index in [1.807, 2.05) is 12.3 Å². The number of hydrogen-bond donors (Lipinski definition) is 1. The summed E-state index contributed by atoms with van der Waals surface area (Å²) < 4.78 is 5.30. The van der Waals surface area contributed by atoms with Crippen LogP contribution in [0.4, 0.5) is 0 Å². The third kappa shape index (κ3) is 3.56. The lowest BCUT2D eigenvalue weighted by atomic mass is 9.98. The molecule has 4 nitrogen and oxygen atoms in total. The van der Waals surface area contributed by atoms with Crippen molar-refractivity contribution in [3.63, 3.8) is 0 Å². The summed E-state index contributed by atoms with van der Waals surface area (Å²) >= 11 is 6.05. The van der Waals surface area contributed by atoms with E-state index in [2.05, 4.69) is 53.3 Å². The molecule has 2 heterocycles. The highest BCUT2D eigenvalue weighted by atomic mass is 35.5. The molecule has 1 aliphatic rings. The van der Waals surface area contributed by atoms with Gasteiger partial charge in [-0.1, -0.05) is 35.9 Å². The van der Waals surface area contributed by atoms with E-state index in [1.165, 1.54) is 11.1 Å². The van der Waals surface area contributed by atoms with E-state index in [0.717, 1.165) is 25.2 Å². The van der Waals surface area contributed by atoms with Crippen molar-refractivity contribution >= 4 is 11.6 Å². The summed E-state index contributed by atoms with van der Waals surface area (Å²) in [6.45, 7) is 7.34. The number of methoxy groups -OCH3 is 1. The Kier molecular flexibility index (Phi) is 5.39. The highest BCUT2D eigenvalue weighted by Crippen LogP contribution is 2.30. The first kappa shape index (κ1) is 17.2. The summed E-state index contributed by atoms with van der Waals surface area (Å²) in [6.07, 6.45) is 1.85. The average Bonchev–Trinajstić information content (AvgIpc) is 2.62. The second-order valence-electron chi connectivity index (χ2n) is 6.30. The van der Waals surface area contributed by atoms with Crippen LogP contribution in [0.3, 0.4) is 0 Å². The fraction of sp³-hybridized carbons (Fsp3) is 0.421. The van der Waals surface area contributed by atoms with Gasteiger partial charge in [0.1, 0.15) is 0 Å². The lowest BCUT2D eigenvalue weighted by molar-refractivity contribution is 0.153. The normalized spacial score (nSPS) is 19.9. The molecule has 2 atom stereocenters. The molecule has 1 saturated heterocycles. The van der Waals surface area contributed by atoms with Gasteiger partial charge in [0.15, 0.2) is 10.9 Å². The Morgan fingerprint density at radius 2 is 2.17 bits per heavy atom.